The highest BCUT2D eigenvalue weighted by Crippen LogP contribution is 2.21. The first-order chi connectivity index (χ1) is 8.38. The Labute approximate surface area is 109 Å². The number of sulfonamides is 1. The SMILES string of the molecule is CCC(CC)CNc1ccc(S(N)(=O)=O)c(N)c1. The summed E-state index contributed by atoms with van der Waals surface area (Å²) in [6.45, 7) is 5.14. The van der Waals surface area contributed by atoms with E-state index in [1.165, 1.54) is 6.07 Å². The number of nitrogens with two attached hydrogens (primary N) is 2. The van der Waals surface area contributed by atoms with E-state index in [0.717, 1.165) is 25.1 Å². The highest BCUT2D eigenvalue weighted by atomic mass is 32.2. The highest BCUT2D eigenvalue weighted by molar-refractivity contribution is 7.89. The molecule has 0 heterocycles. The normalized spacial score (nSPS) is 11.8. The molecular formula is C12H21N3O2S. The van der Waals surface area contributed by atoms with Crippen LogP contribution in [0.15, 0.2) is 23.1 Å². The standard InChI is InChI=1S/C12H21N3O2S/c1-3-9(4-2)8-15-10-5-6-12(11(13)7-10)18(14,16)17/h5-7,9,15H,3-4,8,13H2,1-2H3,(H2,14,16,17). The Kier molecular flexibility index (Phi) is 4.98. The fraction of sp³-hybridized carbons (Fsp3) is 0.500. The molecule has 0 bridgehead atoms. The third-order valence-corrected chi connectivity index (χ3v) is 4.05. The van der Waals surface area contributed by atoms with E-state index in [1.807, 2.05) is 0 Å². The van der Waals surface area contributed by atoms with Gasteiger partial charge in [0.05, 0.1) is 5.69 Å². The molecule has 102 valence electrons. The molecule has 0 aliphatic carbocycles. The quantitative estimate of drug-likeness (QED) is 0.687. The van der Waals surface area contributed by atoms with Gasteiger partial charge in [-0.3, -0.25) is 0 Å². The first-order valence-electron chi connectivity index (χ1n) is 6.04. The summed E-state index contributed by atoms with van der Waals surface area (Å²) >= 11 is 0. The average molecular weight is 271 g/mol. The Morgan fingerprint density at radius 1 is 1.28 bits per heavy atom. The summed E-state index contributed by atoms with van der Waals surface area (Å²) in [5, 5.41) is 8.30. The van der Waals surface area contributed by atoms with Crippen LogP contribution in [0, 0.1) is 5.92 Å². The summed E-state index contributed by atoms with van der Waals surface area (Å²) < 4.78 is 22.4. The number of nitrogen functional groups attached to an aromatic ring is 1. The number of nitrogens with one attached hydrogen (secondary N) is 1. The second-order valence-electron chi connectivity index (χ2n) is 4.36. The molecule has 5 N–H and O–H groups in total. The van der Waals surface area contributed by atoms with Crippen LogP contribution in [0.2, 0.25) is 0 Å². The Balaban J connectivity index is 2.79. The molecule has 0 saturated carbocycles. The van der Waals surface area contributed by atoms with Gasteiger partial charge >= 0.3 is 0 Å². The molecule has 0 amide bonds. The zero-order chi connectivity index (χ0) is 13.8. The second-order valence-corrected chi connectivity index (χ2v) is 5.89. The maximum atomic E-state index is 11.2. The minimum absolute atomic E-state index is 0.0319. The minimum atomic E-state index is -3.74. The van der Waals surface area contributed by atoms with Gasteiger partial charge in [-0.05, 0) is 24.1 Å². The van der Waals surface area contributed by atoms with Crippen molar-refractivity contribution in [3.63, 3.8) is 0 Å². The van der Waals surface area contributed by atoms with E-state index in [9.17, 15) is 8.42 Å². The Bertz CT molecular complexity index is 496. The molecule has 0 fully saturated rings. The van der Waals surface area contributed by atoms with Gasteiger partial charge in [-0.2, -0.15) is 0 Å². The van der Waals surface area contributed by atoms with E-state index in [-0.39, 0.29) is 10.6 Å². The lowest BCUT2D eigenvalue weighted by molar-refractivity contribution is 0.519. The van der Waals surface area contributed by atoms with Gasteiger partial charge in [0, 0.05) is 12.2 Å². The molecule has 0 atom stereocenters. The van der Waals surface area contributed by atoms with E-state index in [0.29, 0.717) is 5.92 Å². The van der Waals surface area contributed by atoms with Crippen molar-refractivity contribution in [3.8, 4) is 0 Å². The summed E-state index contributed by atoms with van der Waals surface area (Å²) in [5.74, 6) is 0.601. The van der Waals surface area contributed by atoms with Crippen LogP contribution < -0.4 is 16.2 Å². The number of anilines is 2. The number of hydrogen-bond acceptors (Lipinski definition) is 4. The molecule has 18 heavy (non-hydrogen) atoms. The van der Waals surface area contributed by atoms with Crippen molar-refractivity contribution in [2.24, 2.45) is 11.1 Å². The molecule has 5 nitrogen and oxygen atoms in total. The first kappa shape index (κ1) is 14.8. The maximum Gasteiger partial charge on any atom is 0.240 e. The molecule has 0 radical (unpaired) electrons. The first-order valence-corrected chi connectivity index (χ1v) is 7.59. The zero-order valence-electron chi connectivity index (χ0n) is 10.8. The molecule has 0 aromatic heterocycles. The van der Waals surface area contributed by atoms with Gasteiger partial charge in [0.15, 0.2) is 0 Å². The molecule has 6 heteroatoms. The van der Waals surface area contributed by atoms with Gasteiger partial charge in [0.1, 0.15) is 4.90 Å². The Hall–Kier alpha value is -1.27. The largest absolute Gasteiger partial charge is 0.398 e. The molecule has 0 aliphatic heterocycles. The molecule has 0 spiro atoms. The fourth-order valence-corrected chi connectivity index (χ4v) is 2.40. The molecule has 1 aromatic carbocycles. The summed E-state index contributed by atoms with van der Waals surface area (Å²) in [6.07, 6.45) is 2.21. The van der Waals surface area contributed by atoms with Crippen LogP contribution in [-0.4, -0.2) is 15.0 Å². The molecule has 0 saturated heterocycles. The lowest BCUT2D eigenvalue weighted by atomic mass is 10.0. The minimum Gasteiger partial charge on any atom is -0.398 e. The van der Waals surface area contributed by atoms with Crippen LogP contribution >= 0.6 is 0 Å². The highest BCUT2D eigenvalue weighted by Gasteiger charge is 2.12. The van der Waals surface area contributed by atoms with Crippen LogP contribution in [0.25, 0.3) is 0 Å². The van der Waals surface area contributed by atoms with Crippen LogP contribution in [0.5, 0.6) is 0 Å². The molecule has 1 rings (SSSR count). The lowest BCUT2D eigenvalue weighted by Crippen LogP contribution is -2.15. The number of benzene rings is 1. The van der Waals surface area contributed by atoms with Gasteiger partial charge < -0.3 is 11.1 Å². The zero-order valence-corrected chi connectivity index (χ0v) is 11.6. The van der Waals surface area contributed by atoms with Gasteiger partial charge in [-0.15, -0.1) is 0 Å². The lowest BCUT2D eigenvalue weighted by Gasteiger charge is -2.15. The third-order valence-electron chi connectivity index (χ3n) is 3.07. The van der Waals surface area contributed by atoms with E-state index >= 15 is 0 Å². The Morgan fingerprint density at radius 3 is 2.33 bits per heavy atom. The average Bonchev–Trinajstić information content (AvgIpc) is 2.28. The third kappa shape index (κ3) is 3.89. The van der Waals surface area contributed by atoms with E-state index in [1.54, 1.807) is 12.1 Å². The fourth-order valence-electron chi connectivity index (χ4n) is 1.76. The van der Waals surface area contributed by atoms with E-state index in [2.05, 4.69) is 19.2 Å². The number of primary sulfonamides is 1. The molecule has 0 unspecified atom stereocenters. The molecule has 0 aliphatic rings. The van der Waals surface area contributed by atoms with Crippen molar-refractivity contribution in [1.82, 2.24) is 0 Å². The number of hydrogen-bond donors (Lipinski definition) is 3. The summed E-state index contributed by atoms with van der Waals surface area (Å²) in [7, 11) is -3.74. The van der Waals surface area contributed by atoms with Crippen molar-refractivity contribution in [3.05, 3.63) is 18.2 Å². The topological polar surface area (TPSA) is 98.2 Å². The summed E-state index contributed by atoms with van der Waals surface area (Å²) in [4.78, 5) is -0.0319. The van der Waals surface area contributed by atoms with Crippen LogP contribution in [0.4, 0.5) is 11.4 Å². The maximum absolute atomic E-state index is 11.2. The summed E-state index contributed by atoms with van der Waals surface area (Å²) in [6, 6.07) is 4.71. The Morgan fingerprint density at radius 2 is 1.89 bits per heavy atom. The predicted octanol–water partition coefficient (Wildman–Crippen LogP) is 1.76. The van der Waals surface area contributed by atoms with Crippen molar-refractivity contribution in [1.29, 1.82) is 0 Å². The van der Waals surface area contributed by atoms with Gasteiger partial charge in [0.25, 0.3) is 0 Å². The van der Waals surface area contributed by atoms with Crippen molar-refractivity contribution in [2.75, 3.05) is 17.6 Å². The monoisotopic (exact) mass is 271 g/mol. The van der Waals surface area contributed by atoms with Crippen molar-refractivity contribution >= 4 is 21.4 Å². The van der Waals surface area contributed by atoms with Gasteiger partial charge in [-0.1, -0.05) is 26.7 Å². The van der Waals surface area contributed by atoms with Crippen molar-refractivity contribution in [2.45, 2.75) is 31.6 Å². The molecule has 1 aromatic rings. The van der Waals surface area contributed by atoms with Crippen molar-refractivity contribution < 1.29 is 8.42 Å². The van der Waals surface area contributed by atoms with Gasteiger partial charge in [0.2, 0.25) is 10.0 Å². The predicted molar refractivity (Wildman–Crippen MR) is 74.8 cm³/mol. The summed E-state index contributed by atoms with van der Waals surface area (Å²) in [5.41, 5.74) is 6.66. The van der Waals surface area contributed by atoms with Crippen LogP contribution in [0.1, 0.15) is 26.7 Å². The van der Waals surface area contributed by atoms with Gasteiger partial charge in [-0.25, -0.2) is 13.6 Å². The number of rotatable bonds is 6. The smallest absolute Gasteiger partial charge is 0.240 e. The van der Waals surface area contributed by atoms with Crippen LogP contribution in [-0.2, 0) is 10.0 Å². The van der Waals surface area contributed by atoms with Crippen LogP contribution in [0.3, 0.4) is 0 Å². The molecular weight excluding hydrogens is 250 g/mol. The van der Waals surface area contributed by atoms with E-state index < -0.39 is 10.0 Å². The van der Waals surface area contributed by atoms with E-state index in [4.69, 9.17) is 10.9 Å². The second kappa shape index (κ2) is 6.06.